The number of thiol groups is 1. The highest BCUT2D eigenvalue weighted by Crippen LogP contribution is 2.12. The number of carboxylic acid groups (broad SMARTS) is 1. The van der Waals surface area contributed by atoms with E-state index < -0.39 is 17.9 Å². The van der Waals surface area contributed by atoms with Gasteiger partial charge in [-0.15, -0.1) is 0 Å². The molecular weight excluding hydrogens is 232 g/mol. The van der Waals surface area contributed by atoms with Gasteiger partial charge in [0.15, 0.2) is 5.69 Å². The third kappa shape index (κ3) is 2.86. The van der Waals surface area contributed by atoms with Crippen molar-refractivity contribution < 1.29 is 19.8 Å². The lowest BCUT2D eigenvalue weighted by Crippen LogP contribution is -2.42. The fraction of sp³-hybridized carbons (Fsp3) is 0.222. The predicted molar refractivity (Wildman–Crippen MR) is 58.6 cm³/mol. The Morgan fingerprint density at radius 1 is 1.56 bits per heavy atom. The maximum atomic E-state index is 11.5. The molecule has 1 heterocycles. The summed E-state index contributed by atoms with van der Waals surface area (Å²) < 4.78 is 0. The van der Waals surface area contributed by atoms with Gasteiger partial charge in [-0.25, -0.2) is 9.78 Å². The van der Waals surface area contributed by atoms with Gasteiger partial charge < -0.3 is 15.5 Å². The molecule has 1 rings (SSSR count). The molecule has 0 aliphatic rings. The van der Waals surface area contributed by atoms with Crippen molar-refractivity contribution >= 4 is 24.5 Å². The monoisotopic (exact) mass is 242 g/mol. The molecule has 0 aromatic carbocycles. The summed E-state index contributed by atoms with van der Waals surface area (Å²) in [5.74, 6) is -2.30. The maximum Gasteiger partial charge on any atom is 0.327 e. The minimum absolute atomic E-state index is 0.0470. The Hall–Kier alpha value is -1.76. The highest BCUT2D eigenvalue weighted by Gasteiger charge is 2.21. The van der Waals surface area contributed by atoms with E-state index in [1.165, 1.54) is 18.3 Å². The summed E-state index contributed by atoms with van der Waals surface area (Å²) in [4.78, 5) is 25.8. The molecule has 1 atom stereocenters. The van der Waals surface area contributed by atoms with Crippen molar-refractivity contribution in [3.8, 4) is 5.75 Å². The fourth-order valence-electron chi connectivity index (χ4n) is 0.984. The number of carboxylic acids is 1. The van der Waals surface area contributed by atoms with Crippen molar-refractivity contribution in [3.05, 3.63) is 24.0 Å². The summed E-state index contributed by atoms with van der Waals surface area (Å²) in [5, 5.41) is 20.2. The number of pyridine rings is 1. The summed E-state index contributed by atoms with van der Waals surface area (Å²) in [6.07, 6.45) is 1.32. The fourth-order valence-corrected chi connectivity index (χ4v) is 1.23. The van der Waals surface area contributed by atoms with E-state index in [1.54, 1.807) is 0 Å². The number of hydrogen-bond donors (Lipinski definition) is 4. The molecule has 0 radical (unpaired) electrons. The molecule has 6 nitrogen and oxygen atoms in total. The molecule has 7 heteroatoms. The number of hydrogen-bond acceptors (Lipinski definition) is 5. The van der Waals surface area contributed by atoms with Gasteiger partial charge >= 0.3 is 5.97 Å². The Kier molecular flexibility index (Phi) is 4.12. The molecule has 0 spiro atoms. The van der Waals surface area contributed by atoms with Crippen LogP contribution < -0.4 is 5.32 Å². The van der Waals surface area contributed by atoms with Crippen LogP contribution in [0.5, 0.6) is 5.75 Å². The number of carbonyl (C=O) groups excluding carboxylic acids is 1. The zero-order valence-electron chi connectivity index (χ0n) is 8.12. The smallest absolute Gasteiger partial charge is 0.327 e. The van der Waals surface area contributed by atoms with Crippen molar-refractivity contribution in [2.75, 3.05) is 5.75 Å². The number of carbonyl (C=O) groups is 2. The van der Waals surface area contributed by atoms with Crippen molar-refractivity contribution in [2.45, 2.75) is 6.04 Å². The van der Waals surface area contributed by atoms with Gasteiger partial charge in [0, 0.05) is 11.9 Å². The molecule has 0 fully saturated rings. The van der Waals surface area contributed by atoms with Gasteiger partial charge in [-0.1, -0.05) is 0 Å². The zero-order valence-corrected chi connectivity index (χ0v) is 9.02. The quantitative estimate of drug-likeness (QED) is 0.552. The molecule has 0 aliphatic carbocycles. The Balaban J connectivity index is 2.80. The number of aromatic hydroxyl groups is 1. The molecule has 0 unspecified atom stereocenters. The summed E-state index contributed by atoms with van der Waals surface area (Å²) in [5.41, 5.74) is -0.212. The number of amides is 1. The van der Waals surface area contributed by atoms with Crippen LogP contribution in [-0.2, 0) is 4.79 Å². The van der Waals surface area contributed by atoms with E-state index in [2.05, 4.69) is 22.9 Å². The first-order chi connectivity index (χ1) is 7.56. The standard InChI is InChI=1S/C9H10N2O4S/c12-6-2-1-3-10-7(6)8(13)11-5(4-16)9(14)15/h1-3,5,12,16H,4H2,(H,11,13)(H,14,15)/t5-/m0/s1. The van der Waals surface area contributed by atoms with Crippen molar-refractivity contribution in [3.63, 3.8) is 0 Å². The van der Waals surface area contributed by atoms with E-state index in [9.17, 15) is 14.7 Å². The van der Waals surface area contributed by atoms with Gasteiger partial charge in [0.2, 0.25) is 0 Å². The molecule has 86 valence electrons. The normalized spacial score (nSPS) is 11.8. The molecule has 1 amide bonds. The lowest BCUT2D eigenvalue weighted by atomic mass is 10.2. The number of aliphatic carboxylic acids is 1. The van der Waals surface area contributed by atoms with Crippen molar-refractivity contribution in [2.24, 2.45) is 0 Å². The van der Waals surface area contributed by atoms with E-state index in [-0.39, 0.29) is 17.2 Å². The summed E-state index contributed by atoms with van der Waals surface area (Å²) in [6.45, 7) is 0. The van der Waals surface area contributed by atoms with Crippen molar-refractivity contribution in [1.82, 2.24) is 10.3 Å². The minimum Gasteiger partial charge on any atom is -0.505 e. The first kappa shape index (κ1) is 12.3. The second-order valence-electron chi connectivity index (χ2n) is 2.92. The average molecular weight is 242 g/mol. The lowest BCUT2D eigenvalue weighted by molar-refractivity contribution is -0.138. The van der Waals surface area contributed by atoms with E-state index >= 15 is 0 Å². The summed E-state index contributed by atoms with van der Waals surface area (Å²) in [6, 6.07) is 1.63. The highest BCUT2D eigenvalue weighted by atomic mass is 32.1. The second-order valence-corrected chi connectivity index (χ2v) is 3.28. The lowest BCUT2D eigenvalue weighted by Gasteiger charge is -2.11. The first-order valence-electron chi connectivity index (χ1n) is 4.34. The number of nitrogens with zero attached hydrogens (tertiary/aromatic N) is 1. The molecule has 1 aromatic rings. The first-order valence-corrected chi connectivity index (χ1v) is 4.98. The van der Waals surface area contributed by atoms with Gasteiger partial charge in [-0.05, 0) is 12.1 Å². The SMILES string of the molecule is O=C(N[C@@H](CS)C(=O)O)c1ncccc1O. The van der Waals surface area contributed by atoms with Crippen molar-refractivity contribution in [1.29, 1.82) is 0 Å². The Morgan fingerprint density at radius 2 is 2.25 bits per heavy atom. The maximum absolute atomic E-state index is 11.5. The molecule has 0 saturated carbocycles. The second kappa shape index (κ2) is 5.36. The van der Waals surface area contributed by atoms with Gasteiger partial charge in [0.25, 0.3) is 5.91 Å². The van der Waals surface area contributed by atoms with Crippen LogP contribution in [-0.4, -0.2) is 38.9 Å². The molecule has 0 aliphatic heterocycles. The number of rotatable bonds is 4. The van der Waals surface area contributed by atoms with Crippen LogP contribution in [0.1, 0.15) is 10.5 Å². The number of nitrogens with one attached hydrogen (secondary N) is 1. The molecule has 16 heavy (non-hydrogen) atoms. The third-order valence-corrected chi connectivity index (χ3v) is 2.15. The van der Waals surface area contributed by atoms with Gasteiger partial charge in [0.05, 0.1) is 0 Å². The van der Waals surface area contributed by atoms with E-state index in [0.717, 1.165) is 0 Å². The van der Waals surface area contributed by atoms with Crippen LogP contribution in [0, 0.1) is 0 Å². The van der Waals surface area contributed by atoms with Gasteiger partial charge in [-0.2, -0.15) is 12.6 Å². The molecule has 0 bridgehead atoms. The molecule has 0 saturated heterocycles. The Morgan fingerprint density at radius 3 is 2.75 bits per heavy atom. The largest absolute Gasteiger partial charge is 0.505 e. The average Bonchev–Trinajstić information content (AvgIpc) is 2.25. The molecule has 3 N–H and O–H groups in total. The summed E-state index contributed by atoms with van der Waals surface area (Å²) in [7, 11) is 0. The van der Waals surface area contributed by atoms with Crippen LogP contribution in [0.15, 0.2) is 18.3 Å². The highest BCUT2D eigenvalue weighted by molar-refractivity contribution is 7.80. The minimum atomic E-state index is -1.20. The van der Waals surface area contributed by atoms with Crippen LogP contribution >= 0.6 is 12.6 Å². The van der Waals surface area contributed by atoms with Crippen LogP contribution in [0.2, 0.25) is 0 Å². The van der Waals surface area contributed by atoms with Crippen LogP contribution in [0.4, 0.5) is 0 Å². The van der Waals surface area contributed by atoms with E-state index in [0.29, 0.717) is 0 Å². The molecule has 1 aromatic heterocycles. The van der Waals surface area contributed by atoms with Gasteiger partial charge in [0.1, 0.15) is 11.8 Å². The van der Waals surface area contributed by atoms with E-state index in [1.807, 2.05) is 0 Å². The molecular formula is C9H10N2O4S. The van der Waals surface area contributed by atoms with Crippen LogP contribution in [0.3, 0.4) is 0 Å². The van der Waals surface area contributed by atoms with E-state index in [4.69, 9.17) is 5.11 Å². The predicted octanol–water partition coefficient (Wildman–Crippen LogP) is -0.100. The number of aromatic nitrogens is 1. The topological polar surface area (TPSA) is 99.5 Å². The summed E-state index contributed by atoms with van der Waals surface area (Å²) >= 11 is 3.79. The third-order valence-electron chi connectivity index (χ3n) is 1.79. The van der Waals surface area contributed by atoms with Gasteiger partial charge in [-0.3, -0.25) is 4.79 Å². The zero-order chi connectivity index (χ0) is 12.1. The Labute approximate surface area is 96.7 Å². The van der Waals surface area contributed by atoms with Crippen LogP contribution in [0.25, 0.3) is 0 Å². The Bertz CT molecular complexity index is 410.